The number of amides is 1. The highest BCUT2D eigenvalue weighted by atomic mass is 35.5. The number of nitrogens with one attached hydrogen (secondary N) is 1. The van der Waals surface area contributed by atoms with Gasteiger partial charge in [-0.3, -0.25) is 9.69 Å². The van der Waals surface area contributed by atoms with Gasteiger partial charge in [0.15, 0.2) is 6.61 Å². The molecule has 0 atom stereocenters. The Morgan fingerprint density at radius 1 is 0.966 bits per heavy atom. The number of hydrogen-bond acceptors (Lipinski definition) is 7. The molecule has 29 heavy (non-hydrogen) atoms. The third-order valence-electron chi connectivity index (χ3n) is 4.99. The number of methoxy groups -OCH3 is 1. The van der Waals surface area contributed by atoms with E-state index in [0.29, 0.717) is 12.3 Å². The van der Waals surface area contributed by atoms with Crippen molar-refractivity contribution in [3.05, 3.63) is 24.3 Å². The SMILES string of the molecule is COC(=O)COc1ccc(N2CCN(C(=O)CN3CCNCC3)CC2)cc1.Cl.Cl. The minimum absolute atomic E-state index is 0. The van der Waals surface area contributed by atoms with Crippen molar-refractivity contribution in [2.75, 3.05) is 77.5 Å². The predicted molar refractivity (Wildman–Crippen MR) is 117 cm³/mol. The van der Waals surface area contributed by atoms with E-state index < -0.39 is 5.97 Å². The van der Waals surface area contributed by atoms with Crippen molar-refractivity contribution < 1.29 is 19.1 Å². The molecule has 0 bridgehead atoms. The number of ether oxygens (including phenoxy) is 2. The number of piperazine rings is 2. The zero-order valence-electron chi connectivity index (χ0n) is 16.7. The monoisotopic (exact) mass is 448 g/mol. The Hall–Kier alpha value is -1.74. The van der Waals surface area contributed by atoms with Gasteiger partial charge in [0.1, 0.15) is 5.75 Å². The van der Waals surface area contributed by atoms with Crippen molar-refractivity contribution in [2.24, 2.45) is 0 Å². The van der Waals surface area contributed by atoms with Gasteiger partial charge >= 0.3 is 5.97 Å². The summed E-state index contributed by atoms with van der Waals surface area (Å²) >= 11 is 0. The molecule has 10 heteroatoms. The first-order valence-corrected chi connectivity index (χ1v) is 9.41. The molecular weight excluding hydrogens is 419 g/mol. The summed E-state index contributed by atoms with van der Waals surface area (Å²) in [5.74, 6) is 0.456. The van der Waals surface area contributed by atoms with E-state index in [9.17, 15) is 9.59 Å². The molecule has 1 aromatic carbocycles. The molecule has 1 amide bonds. The molecule has 1 N–H and O–H groups in total. The van der Waals surface area contributed by atoms with Gasteiger partial charge in [0.25, 0.3) is 0 Å². The van der Waals surface area contributed by atoms with Crippen LogP contribution in [0.5, 0.6) is 5.75 Å². The number of halogens is 2. The van der Waals surface area contributed by atoms with Crippen LogP contribution in [0.2, 0.25) is 0 Å². The van der Waals surface area contributed by atoms with Crippen LogP contribution in [0.3, 0.4) is 0 Å². The molecule has 0 aliphatic carbocycles. The minimum atomic E-state index is -0.402. The Kier molecular flexibility index (Phi) is 11.1. The topological polar surface area (TPSA) is 74.4 Å². The number of anilines is 1. The lowest BCUT2D eigenvalue weighted by Crippen LogP contribution is -2.53. The highest BCUT2D eigenvalue weighted by Crippen LogP contribution is 2.21. The first-order valence-electron chi connectivity index (χ1n) is 9.41. The molecule has 0 unspecified atom stereocenters. The fourth-order valence-electron chi connectivity index (χ4n) is 3.33. The highest BCUT2D eigenvalue weighted by Gasteiger charge is 2.23. The van der Waals surface area contributed by atoms with Crippen molar-refractivity contribution in [1.82, 2.24) is 15.1 Å². The number of hydrogen-bond donors (Lipinski definition) is 1. The van der Waals surface area contributed by atoms with Crippen molar-refractivity contribution in [2.45, 2.75) is 0 Å². The summed E-state index contributed by atoms with van der Waals surface area (Å²) in [6.45, 7) is 7.34. The summed E-state index contributed by atoms with van der Waals surface area (Å²) in [7, 11) is 1.34. The van der Waals surface area contributed by atoms with Crippen LogP contribution < -0.4 is 15.0 Å². The molecule has 0 spiro atoms. The summed E-state index contributed by atoms with van der Waals surface area (Å²) in [6.07, 6.45) is 0. The van der Waals surface area contributed by atoms with E-state index in [0.717, 1.165) is 58.0 Å². The highest BCUT2D eigenvalue weighted by molar-refractivity contribution is 5.85. The third-order valence-corrected chi connectivity index (χ3v) is 4.99. The predicted octanol–water partition coefficient (Wildman–Crippen LogP) is 0.636. The number of rotatable bonds is 6. The summed E-state index contributed by atoms with van der Waals surface area (Å²) < 4.78 is 9.92. The van der Waals surface area contributed by atoms with Gasteiger partial charge in [-0.25, -0.2) is 4.79 Å². The summed E-state index contributed by atoms with van der Waals surface area (Å²) in [4.78, 5) is 30.1. The summed E-state index contributed by atoms with van der Waals surface area (Å²) in [5, 5.41) is 3.31. The summed E-state index contributed by atoms with van der Waals surface area (Å²) in [5.41, 5.74) is 1.09. The zero-order chi connectivity index (χ0) is 19.1. The van der Waals surface area contributed by atoms with Crippen LogP contribution in [0.25, 0.3) is 0 Å². The van der Waals surface area contributed by atoms with Crippen LogP contribution >= 0.6 is 24.8 Å². The molecule has 2 aliphatic rings. The molecule has 2 aliphatic heterocycles. The summed E-state index contributed by atoms with van der Waals surface area (Å²) in [6, 6.07) is 7.65. The van der Waals surface area contributed by atoms with E-state index in [1.54, 1.807) is 0 Å². The first-order chi connectivity index (χ1) is 13.2. The van der Waals surface area contributed by atoms with E-state index >= 15 is 0 Å². The van der Waals surface area contributed by atoms with Crippen molar-refractivity contribution in [1.29, 1.82) is 0 Å². The van der Waals surface area contributed by atoms with Gasteiger partial charge in [-0.15, -0.1) is 24.8 Å². The van der Waals surface area contributed by atoms with Crippen LogP contribution in [-0.4, -0.2) is 94.3 Å². The Morgan fingerprint density at radius 3 is 2.17 bits per heavy atom. The average molecular weight is 449 g/mol. The standard InChI is InChI=1S/C19H28N4O4.2ClH/c1-26-19(25)15-27-17-4-2-16(3-5-17)22-10-12-23(13-11-22)18(24)14-21-8-6-20-7-9-21;;/h2-5,20H,6-15H2,1H3;2*1H. The van der Waals surface area contributed by atoms with Crippen LogP contribution in [0.15, 0.2) is 24.3 Å². The maximum atomic E-state index is 12.5. The quantitative estimate of drug-likeness (QED) is 0.639. The molecule has 2 saturated heterocycles. The molecule has 164 valence electrons. The zero-order valence-corrected chi connectivity index (χ0v) is 18.3. The van der Waals surface area contributed by atoms with E-state index in [-0.39, 0.29) is 37.3 Å². The van der Waals surface area contributed by atoms with E-state index in [2.05, 4.69) is 19.9 Å². The average Bonchev–Trinajstić information content (AvgIpc) is 2.73. The maximum Gasteiger partial charge on any atom is 0.343 e. The lowest BCUT2D eigenvalue weighted by molar-refractivity contribution is -0.143. The van der Waals surface area contributed by atoms with Gasteiger partial charge in [-0.1, -0.05) is 0 Å². The van der Waals surface area contributed by atoms with Gasteiger partial charge in [0.05, 0.1) is 13.7 Å². The number of carbonyl (C=O) groups is 2. The molecular formula is C19H30Cl2N4O4. The Bertz CT molecular complexity index is 634. The van der Waals surface area contributed by atoms with Gasteiger partial charge in [-0.05, 0) is 24.3 Å². The van der Waals surface area contributed by atoms with Crippen LogP contribution in [0.4, 0.5) is 5.69 Å². The number of carbonyl (C=O) groups excluding carboxylic acids is 2. The molecule has 0 aromatic heterocycles. The van der Waals surface area contributed by atoms with Gasteiger partial charge in [0.2, 0.25) is 5.91 Å². The maximum absolute atomic E-state index is 12.5. The molecule has 2 heterocycles. The lowest BCUT2D eigenvalue weighted by atomic mass is 10.2. The molecule has 8 nitrogen and oxygen atoms in total. The first kappa shape index (κ1) is 25.3. The second-order valence-electron chi connectivity index (χ2n) is 6.75. The molecule has 0 radical (unpaired) electrons. The van der Waals surface area contributed by atoms with Crippen molar-refractivity contribution in [3.8, 4) is 5.75 Å². The van der Waals surface area contributed by atoms with Gasteiger partial charge < -0.3 is 24.6 Å². The molecule has 0 saturated carbocycles. The van der Waals surface area contributed by atoms with E-state index in [4.69, 9.17) is 4.74 Å². The minimum Gasteiger partial charge on any atom is -0.482 e. The number of nitrogens with zero attached hydrogens (tertiary/aromatic N) is 3. The lowest BCUT2D eigenvalue weighted by Gasteiger charge is -2.37. The fraction of sp³-hybridized carbons (Fsp3) is 0.579. The van der Waals surface area contributed by atoms with E-state index in [1.165, 1.54) is 7.11 Å². The third kappa shape index (κ3) is 7.54. The van der Waals surface area contributed by atoms with Crippen LogP contribution in [0, 0.1) is 0 Å². The molecule has 3 rings (SSSR count). The van der Waals surface area contributed by atoms with Crippen LogP contribution in [0.1, 0.15) is 0 Å². The van der Waals surface area contributed by atoms with Gasteiger partial charge in [0, 0.05) is 58.0 Å². The Morgan fingerprint density at radius 2 is 1.59 bits per heavy atom. The Balaban J connectivity index is 0.00000210. The number of esters is 1. The van der Waals surface area contributed by atoms with Crippen molar-refractivity contribution >= 4 is 42.4 Å². The number of benzene rings is 1. The second kappa shape index (κ2) is 12.7. The Labute approximate surface area is 184 Å². The van der Waals surface area contributed by atoms with Crippen molar-refractivity contribution in [3.63, 3.8) is 0 Å². The molecule has 2 fully saturated rings. The smallest absolute Gasteiger partial charge is 0.343 e. The molecule has 1 aromatic rings. The largest absolute Gasteiger partial charge is 0.482 e. The van der Waals surface area contributed by atoms with E-state index in [1.807, 2.05) is 29.2 Å². The van der Waals surface area contributed by atoms with Gasteiger partial charge in [-0.2, -0.15) is 0 Å². The second-order valence-corrected chi connectivity index (χ2v) is 6.75. The fourth-order valence-corrected chi connectivity index (χ4v) is 3.33. The van der Waals surface area contributed by atoms with Crippen LogP contribution in [-0.2, 0) is 14.3 Å². The normalized spacial score (nSPS) is 17.0.